The monoisotopic (exact) mass is 170 g/mol. The minimum Gasteiger partial charge on any atom is -0.362 e. The molecule has 0 atom stereocenters. The number of hydrogen-bond donors (Lipinski definition) is 1. The summed E-state index contributed by atoms with van der Waals surface area (Å²) >= 11 is 1.91. The SMILES string of the molecule is CC1=C(CN)SCN1C1CC1. The fraction of sp³-hybridized carbons (Fsp3) is 0.750. The van der Waals surface area contributed by atoms with Crippen molar-refractivity contribution in [2.45, 2.75) is 25.8 Å². The molecule has 3 heteroatoms. The molecule has 0 aromatic carbocycles. The van der Waals surface area contributed by atoms with Crippen LogP contribution in [-0.2, 0) is 0 Å². The molecule has 0 spiro atoms. The molecule has 0 unspecified atom stereocenters. The zero-order valence-electron chi connectivity index (χ0n) is 6.84. The number of nitrogens with zero attached hydrogens (tertiary/aromatic N) is 1. The Morgan fingerprint density at radius 2 is 2.36 bits per heavy atom. The molecule has 2 rings (SSSR count). The largest absolute Gasteiger partial charge is 0.362 e. The lowest BCUT2D eigenvalue weighted by Gasteiger charge is -2.17. The van der Waals surface area contributed by atoms with Crippen LogP contribution in [0.3, 0.4) is 0 Å². The first kappa shape index (κ1) is 7.50. The Labute approximate surface area is 71.8 Å². The summed E-state index contributed by atoms with van der Waals surface area (Å²) in [6, 6.07) is 0.853. The first-order valence-corrected chi connectivity index (χ1v) is 5.10. The molecule has 1 saturated carbocycles. The average molecular weight is 170 g/mol. The summed E-state index contributed by atoms with van der Waals surface area (Å²) in [6.45, 7) is 2.92. The van der Waals surface area contributed by atoms with E-state index in [4.69, 9.17) is 5.73 Å². The van der Waals surface area contributed by atoms with Crippen molar-refractivity contribution in [3.63, 3.8) is 0 Å². The van der Waals surface area contributed by atoms with E-state index in [9.17, 15) is 0 Å². The van der Waals surface area contributed by atoms with E-state index >= 15 is 0 Å². The van der Waals surface area contributed by atoms with Gasteiger partial charge >= 0.3 is 0 Å². The van der Waals surface area contributed by atoms with Crippen LogP contribution in [0.1, 0.15) is 19.8 Å². The van der Waals surface area contributed by atoms with Gasteiger partial charge in [0.15, 0.2) is 0 Å². The molecular formula is C8H14N2S. The number of nitrogens with two attached hydrogens (primary N) is 1. The van der Waals surface area contributed by atoms with Crippen LogP contribution >= 0.6 is 11.8 Å². The van der Waals surface area contributed by atoms with E-state index in [1.807, 2.05) is 11.8 Å². The van der Waals surface area contributed by atoms with Gasteiger partial charge in [0.25, 0.3) is 0 Å². The molecular weight excluding hydrogens is 156 g/mol. The molecule has 0 bridgehead atoms. The molecule has 0 aromatic heterocycles. The van der Waals surface area contributed by atoms with E-state index < -0.39 is 0 Å². The van der Waals surface area contributed by atoms with Gasteiger partial charge < -0.3 is 10.6 Å². The molecule has 11 heavy (non-hydrogen) atoms. The van der Waals surface area contributed by atoms with Crippen molar-refractivity contribution in [2.24, 2.45) is 5.73 Å². The second kappa shape index (κ2) is 2.72. The van der Waals surface area contributed by atoms with Crippen molar-refractivity contribution in [2.75, 3.05) is 12.4 Å². The van der Waals surface area contributed by atoms with Gasteiger partial charge in [0.05, 0.1) is 5.88 Å². The smallest absolute Gasteiger partial charge is 0.0684 e. The molecule has 1 aliphatic heterocycles. The fourth-order valence-corrected chi connectivity index (χ4v) is 2.62. The van der Waals surface area contributed by atoms with Crippen LogP contribution in [-0.4, -0.2) is 23.4 Å². The van der Waals surface area contributed by atoms with Gasteiger partial charge in [-0.3, -0.25) is 0 Å². The first-order chi connectivity index (χ1) is 5.33. The molecule has 1 fully saturated rings. The maximum absolute atomic E-state index is 5.60. The lowest BCUT2D eigenvalue weighted by atomic mass is 10.4. The molecule has 1 heterocycles. The molecule has 0 amide bonds. The van der Waals surface area contributed by atoms with E-state index in [0.29, 0.717) is 0 Å². The fourth-order valence-electron chi connectivity index (χ4n) is 1.48. The predicted octanol–water partition coefficient (Wildman–Crippen LogP) is 1.35. The minimum atomic E-state index is 0.722. The maximum atomic E-state index is 5.60. The number of allylic oxidation sites excluding steroid dienone is 1. The highest BCUT2D eigenvalue weighted by molar-refractivity contribution is 8.03. The van der Waals surface area contributed by atoms with E-state index in [0.717, 1.165) is 18.5 Å². The van der Waals surface area contributed by atoms with E-state index in [2.05, 4.69) is 11.8 Å². The normalized spacial score (nSPS) is 25.1. The summed E-state index contributed by atoms with van der Waals surface area (Å²) in [5.74, 6) is 1.14. The van der Waals surface area contributed by atoms with E-state index in [1.165, 1.54) is 23.4 Å². The molecule has 2 N–H and O–H groups in total. The third-order valence-electron chi connectivity index (χ3n) is 2.39. The number of thioether (sulfide) groups is 1. The van der Waals surface area contributed by atoms with Gasteiger partial charge in [-0.15, -0.1) is 11.8 Å². The highest BCUT2D eigenvalue weighted by Crippen LogP contribution is 2.39. The van der Waals surface area contributed by atoms with Gasteiger partial charge in [-0.25, -0.2) is 0 Å². The molecule has 0 aromatic rings. The van der Waals surface area contributed by atoms with Crippen LogP contribution in [0.2, 0.25) is 0 Å². The Morgan fingerprint density at radius 3 is 2.82 bits per heavy atom. The molecule has 2 aliphatic rings. The van der Waals surface area contributed by atoms with Gasteiger partial charge in [0.2, 0.25) is 0 Å². The van der Waals surface area contributed by atoms with E-state index in [-0.39, 0.29) is 0 Å². The summed E-state index contributed by atoms with van der Waals surface area (Å²) in [5.41, 5.74) is 7.03. The van der Waals surface area contributed by atoms with Crippen molar-refractivity contribution in [1.82, 2.24) is 4.90 Å². The van der Waals surface area contributed by atoms with Gasteiger partial charge in [-0.05, 0) is 19.8 Å². The highest BCUT2D eigenvalue weighted by Gasteiger charge is 2.32. The summed E-state index contributed by atoms with van der Waals surface area (Å²) in [7, 11) is 0. The zero-order valence-corrected chi connectivity index (χ0v) is 7.66. The first-order valence-electron chi connectivity index (χ1n) is 4.12. The second-order valence-corrected chi connectivity index (χ2v) is 4.23. The van der Waals surface area contributed by atoms with Crippen LogP contribution in [0, 0.1) is 0 Å². The predicted molar refractivity (Wildman–Crippen MR) is 49.1 cm³/mol. The van der Waals surface area contributed by atoms with E-state index in [1.54, 1.807) is 0 Å². The number of hydrogen-bond acceptors (Lipinski definition) is 3. The zero-order chi connectivity index (χ0) is 7.84. The van der Waals surface area contributed by atoms with Crippen LogP contribution < -0.4 is 5.73 Å². The third kappa shape index (κ3) is 1.27. The molecule has 62 valence electrons. The van der Waals surface area contributed by atoms with Crippen molar-refractivity contribution < 1.29 is 0 Å². The topological polar surface area (TPSA) is 29.3 Å². The van der Waals surface area contributed by atoms with Crippen LogP contribution in [0.25, 0.3) is 0 Å². The van der Waals surface area contributed by atoms with Gasteiger partial charge in [0, 0.05) is 23.2 Å². The van der Waals surface area contributed by atoms with Crippen LogP contribution in [0.15, 0.2) is 10.6 Å². The summed E-state index contributed by atoms with van der Waals surface area (Å²) in [4.78, 5) is 3.88. The Kier molecular flexibility index (Phi) is 1.85. The van der Waals surface area contributed by atoms with Crippen molar-refractivity contribution in [3.8, 4) is 0 Å². The Hall–Kier alpha value is -0.150. The second-order valence-electron chi connectivity index (χ2n) is 3.19. The molecule has 0 saturated heterocycles. The van der Waals surface area contributed by atoms with Crippen LogP contribution in [0.4, 0.5) is 0 Å². The van der Waals surface area contributed by atoms with Crippen molar-refractivity contribution in [1.29, 1.82) is 0 Å². The summed E-state index contributed by atoms with van der Waals surface area (Å²) in [6.07, 6.45) is 2.77. The van der Waals surface area contributed by atoms with Gasteiger partial charge in [-0.1, -0.05) is 0 Å². The lowest BCUT2D eigenvalue weighted by molar-refractivity contribution is 0.399. The average Bonchev–Trinajstić information content (AvgIpc) is 2.77. The Balaban J connectivity index is 2.09. The molecule has 2 nitrogen and oxygen atoms in total. The van der Waals surface area contributed by atoms with Crippen molar-refractivity contribution in [3.05, 3.63) is 10.6 Å². The lowest BCUT2D eigenvalue weighted by Crippen LogP contribution is -2.19. The standard InChI is InChI=1S/C8H14N2S/c1-6-8(4-9)11-5-10(6)7-2-3-7/h7H,2-5,9H2,1H3. The van der Waals surface area contributed by atoms with Crippen molar-refractivity contribution >= 4 is 11.8 Å². The maximum Gasteiger partial charge on any atom is 0.0684 e. The number of rotatable bonds is 2. The molecule has 1 aliphatic carbocycles. The Morgan fingerprint density at radius 1 is 1.64 bits per heavy atom. The van der Waals surface area contributed by atoms with Gasteiger partial charge in [-0.2, -0.15) is 0 Å². The highest BCUT2D eigenvalue weighted by atomic mass is 32.2. The van der Waals surface area contributed by atoms with Crippen LogP contribution in [0.5, 0.6) is 0 Å². The molecule has 0 radical (unpaired) electrons. The minimum absolute atomic E-state index is 0.722. The quantitative estimate of drug-likeness (QED) is 0.678. The Bertz CT molecular complexity index is 196. The van der Waals surface area contributed by atoms with Gasteiger partial charge in [0.1, 0.15) is 0 Å². The summed E-state index contributed by atoms with van der Waals surface area (Å²) < 4.78 is 0. The summed E-state index contributed by atoms with van der Waals surface area (Å²) in [5, 5.41) is 0. The third-order valence-corrected chi connectivity index (χ3v) is 3.60.